The molecule has 1 unspecified atom stereocenters. The van der Waals surface area contributed by atoms with Crippen molar-refractivity contribution in [1.82, 2.24) is 34.0 Å². The number of aromatic nitrogens is 7. The van der Waals surface area contributed by atoms with Crippen LogP contribution < -0.4 is 9.47 Å². The third-order valence-corrected chi connectivity index (χ3v) is 6.77. The molecule has 1 aliphatic rings. The summed E-state index contributed by atoms with van der Waals surface area (Å²) in [6.45, 7) is 0. The number of fused-ring (bicyclic) bond motifs is 2. The van der Waals surface area contributed by atoms with Gasteiger partial charge >= 0.3 is 18.4 Å². The number of alkyl halides is 6. The lowest BCUT2D eigenvalue weighted by atomic mass is 10.0. The monoisotopic (exact) mass is 563 g/mol. The highest BCUT2D eigenvalue weighted by molar-refractivity contribution is 5.68. The number of rotatable bonds is 6. The topological polar surface area (TPSA) is 91.7 Å². The Kier molecular flexibility index (Phi) is 5.85. The van der Waals surface area contributed by atoms with Crippen LogP contribution in [0.1, 0.15) is 40.8 Å². The lowest BCUT2D eigenvalue weighted by molar-refractivity contribution is -0.146. The minimum atomic E-state index is -5.03. The second kappa shape index (κ2) is 9.06. The number of ether oxygens (including phenoxy) is 2. The van der Waals surface area contributed by atoms with Crippen molar-refractivity contribution in [3.05, 3.63) is 65.5 Å². The van der Waals surface area contributed by atoms with Crippen LogP contribution in [0.15, 0.2) is 43.0 Å². The van der Waals surface area contributed by atoms with Gasteiger partial charge in [-0.05, 0) is 36.0 Å². The molecule has 9 nitrogen and oxygen atoms in total. The fourth-order valence-corrected chi connectivity index (χ4v) is 4.95. The van der Waals surface area contributed by atoms with E-state index in [0.29, 0.717) is 28.9 Å². The van der Waals surface area contributed by atoms with Crippen molar-refractivity contribution in [3.8, 4) is 23.1 Å². The van der Waals surface area contributed by atoms with Crippen LogP contribution in [0.4, 0.5) is 26.3 Å². The molecule has 0 N–H and O–H groups in total. The summed E-state index contributed by atoms with van der Waals surface area (Å²) >= 11 is 0. The van der Waals surface area contributed by atoms with Gasteiger partial charge < -0.3 is 13.9 Å². The van der Waals surface area contributed by atoms with Crippen molar-refractivity contribution in [2.24, 2.45) is 0 Å². The van der Waals surface area contributed by atoms with E-state index in [1.54, 1.807) is 23.0 Å². The molecule has 1 aliphatic carbocycles. The second-order valence-corrected chi connectivity index (χ2v) is 9.30. The molecule has 0 aliphatic heterocycles. The lowest BCUT2D eigenvalue weighted by Gasteiger charge is -2.11. The largest absolute Gasteiger partial charge is 0.480 e. The second-order valence-electron chi connectivity index (χ2n) is 9.30. The zero-order chi connectivity index (χ0) is 28.4. The predicted octanol–water partition coefficient (Wildman–Crippen LogP) is 5.25. The van der Waals surface area contributed by atoms with Gasteiger partial charge in [0.2, 0.25) is 5.88 Å². The first-order valence-corrected chi connectivity index (χ1v) is 11.9. The number of nitrogens with zero attached hydrogens (tertiary/aromatic N) is 7. The Hall–Kier alpha value is -4.43. The van der Waals surface area contributed by atoms with Crippen LogP contribution in [0.25, 0.3) is 22.6 Å². The summed E-state index contributed by atoms with van der Waals surface area (Å²) in [7, 11) is 2.87. The number of imidazole rings is 2. The molecule has 0 saturated heterocycles. The maximum atomic E-state index is 13.5. The molecule has 5 aromatic rings. The first-order chi connectivity index (χ1) is 19.0. The Morgan fingerprint density at radius 3 is 2.50 bits per heavy atom. The number of hydrogen-bond donors (Lipinski definition) is 0. The highest BCUT2D eigenvalue weighted by Crippen LogP contribution is 2.56. The van der Waals surface area contributed by atoms with Gasteiger partial charge in [0.1, 0.15) is 5.65 Å². The normalized spacial score (nSPS) is 17.5. The van der Waals surface area contributed by atoms with E-state index in [1.165, 1.54) is 32.7 Å². The van der Waals surface area contributed by atoms with Crippen molar-refractivity contribution in [2.75, 3.05) is 14.2 Å². The van der Waals surface area contributed by atoms with Gasteiger partial charge in [-0.2, -0.15) is 36.4 Å². The van der Waals surface area contributed by atoms with Crippen LogP contribution in [-0.4, -0.2) is 54.3 Å². The van der Waals surface area contributed by atoms with Crippen molar-refractivity contribution in [3.63, 3.8) is 0 Å². The number of methoxy groups -OCH3 is 2. The van der Waals surface area contributed by atoms with Crippen LogP contribution in [0, 0.1) is 0 Å². The standard InChI is InChI=1S/C25H19F6N7O2/c1-39-22-16(10-33-23(35-22)40-2)17-8-15(21-32-5-6-38(21)36-17)14-7-13(14)12-3-4-19-34-20(25(29,30)31)18(37(19)11-12)9-24(26,27)28/h3-6,8,10-11,13-14H,7,9H2,1-2H3/t13-,14?/m1/s1. The smallest absolute Gasteiger partial charge is 0.435 e. The molecule has 5 aromatic heterocycles. The Morgan fingerprint density at radius 2 is 1.80 bits per heavy atom. The lowest BCUT2D eigenvalue weighted by Crippen LogP contribution is -2.18. The van der Waals surface area contributed by atoms with E-state index < -0.39 is 30.2 Å². The van der Waals surface area contributed by atoms with Gasteiger partial charge in [0, 0.05) is 30.4 Å². The zero-order valence-electron chi connectivity index (χ0n) is 20.8. The molecule has 15 heteroatoms. The fourth-order valence-electron chi connectivity index (χ4n) is 4.95. The maximum absolute atomic E-state index is 13.5. The van der Waals surface area contributed by atoms with Gasteiger partial charge in [-0.1, -0.05) is 6.07 Å². The fraction of sp³-hybridized carbons (Fsp3) is 0.320. The average molecular weight is 563 g/mol. The molecule has 0 radical (unpaired) electrons. The van der Waals surface area contributed by atoms with Gasteiger partial charge in [0.25, 0.3) is 0 Å². The third-order valence-electron chi connectivity index (χ3n) is 6.77. The summed E-state index contributed by atoms with van der Waals surface area (Å²) in [5.41, 5.74) is 0.249. The summed E-state index contributed by atoms with van der Waals surface area (Å²) in [6.07, 6.45) is -4.96. The first kappa shape index (κ1) is 25.8. The highest BCUT2D eigenvalue weighted by atomic mass is 19.4. The average Bonchev–Trinajstić information content (AvgIpc) is 3.41. The van der Waals surface area contributed by atoms with Gasteiger partial charge in [-0.3, -0.25) is 0 Å². The summed E-state index contributed by atoms with van der Waals surface area (Å²) in [4.78, 5) is 16.2. The Morgan fingerprint density at radius 1 is 1.00 bits per heavy atom. The summed E-state index contributed by atoms with van der Waals surface area (Å²) in [5, 5.41) is 4.58. The van der Waals surface area contributed by atoms with E-state index >= 15 is 0 Å². The van der Waals surface area contributed by atoms with Crippen LogP contribution in [0.2, 0.25) is 0 Å². The SMILES string of the molecule is COc1ncc(-c2cc(C3C[C@@H]3c3ccc4nc(C(F)(F)F)c(CC(F)(F)F)n4c3)c3nccn3n2)c(OC)n1. The van der Waals surface area contributed by atoms with E-state index in [1.807, 2.05) is 6.07 Å². The molecule has 5 heterocycles. The van der Waals surface area contributed by atoms with Crippen LogP contribution >= 0.6 is 0 Å². The summed E-state index contributed by atoms with van der Waals surface area (Å²) in [5.74, 6) is -0.0593. The van der Waals surface area contributed by atoms with Crippen molar-refractivity contribution in [2.45, 2.75) is 37.0 Å². The van der Waals surface area contributed by atoms with Crippen LogP contribution in [0.3, 0.4) is 0 Å². The Labute approximate surface area is 221 Å². The van der Waals surface area contributed by atoms with Crippen molar-refractivity contribution in [1.29, 1.82) is 0 Å². The van der Waals surface area contributed by atoms with Gasteiger partial charge in [0.15, 0.2) is 11.3 Å². The molecule has 208 valence electrons. The molecule has 0 aromatic carbocycles. The minimum Gasteiger partial charge on any atom is -0.480 e. The molecule has 1 fully saturated rings. The first-order valence-electron chi connectivity index (χ1n) is 11.9. The maximum Gasteiger partial charge on any atom is 0.435 e. The van der Waals surface area contributed by atoms with Crippen LogP contribution in [0.5, 0.6) is 11.9 Å². The quantitative estimate of drug-likeness (QED) is 0.261. The predicted molar refractivity (Wildman–Crippen MR) is 127 cm³/mol. The molecule has 0 spiro atoms. The molecule has 0 amide bonds. The van der Waals surface area contributed by atoms with E-state index in [9.17, 15) is 26.3 Å². The zero-order valence-corrected chi connectivity index (χ0v) is 20.8. The van der Waals surface area contributed by atoms with Gasteiger partial charge in [-0.15, -0.1) is 0 Å². The number of hydrogen-bond acceptors (Lipinski definition) is 7. The molecule has 0 bridgehead atoms. The molecule has 6 rings (SSSR count). The molecular formula is C25H19F6N7O2. The third kappa shape index (κ3) is 4.54. The molecule has 2 atom stereocenters. The Bertz CT molecular complexity index is 1740. The summed E-state index contributed by atoms with van der Waals surface area (Å²) in [6, 6.07) is 4.83. The molecule has 40 heavy (non-hydrogen) atoms. The summed E-state index contributed by atoms with van der Waals surface area (Å²) < 4.78 is 93.1. The number of halogens is 6. The molecular weight excluding hydrogens is 544 g/mol. The van der Waals surface area contributed by atoms with E-state index in [4.69, 9.17) is 9.47 Å². The van der Waals surface area contributed by atoms with Crippen molar-refractivity contribution < 1.29 is 35.8 Å². The van der Waals surface area contributed by atoms with Gasteiger partial charge in [0.05, 0.1) is 37.6 Å². The van der Waals surface area contributed by atoms with Crippen molar-refractivity contribution >= 4 is 11.3 Å². The van der Waals surface area contributed by atoms with E-state index in [-0.39, 0.29) is 29.4 Å². The van der Waals surface area contributed by atoms with Gasteiger partial charge in [-0.25, -0.2) is 19.5 Å². The minimum absolute atomic E-state index is 0.111. The highest BCUT2D eigenvalue weighted by Gasteiger charge is 2.44. The van der Waals surface area contributed by atoms with Crippen LogP contribution in [-0.2, 0) is 12.6 Å². The van der Waals surface area contributed by atoms with E-state index in [2.05, 4.69) is 25.0 Å². The molecule has 1 saturated carbocycles. The Balaban J connectivity index is 1.40. The number of pyridine rings is 1. The van der Waals surface area contributed by atoms with E-state index in [0.717, 1.165) is 9.96 Å².